The van der Waals surface area contributed by atoms with Crippen molar-refractivity contribution >= 4 is 29.1 Å². The number of methoxy groups -OCH3 is 1. The highest BCUT2D eigenvalue weighted by atomic mass is 16.5. The van der Waals surface area contributed by atoms with Crippen LogP contribution in [0.3, 0.4) is 0 Å². The first-order valence-corrected chi connectivity index (χ1v) is 9.20. The molecule has 0 radical (unpaired) electrons. The Morgan fingerprint density at radius 1 is 0.966 bits per heavy atom. The van der Waals surface area contributed by atoms with E-state index in [1.165, 1.54) is 12.7 Å². The average Bonchev–Trinajstić information content (AvgIpc) is 2.74. The monoisotopic (exact) mass is 390 g/mol. The van der Waals surface area contributed by atoms with Crippen LogP contribution >= 0.6 is 0 Å². The normalized spacial score (nSPS) is 10.3. The first kappa shape index (κ1) is 20.0. The zero-order chi connectivity index (χ0) is 20.8. The molecule has 0 aliphatic rings. The lowest BCUT2D eigenvalue weighted by Gasteiger charge is -2.10. The summed E-state index contributed by atoms with van der Waals surface area (Å²) in [5.74, 6) is 0.210. The van der Waals surface area contributed by atoms with Crippen molar-refractivity contribution in [3.8, 4) is 0 Å². The standard InChI is InChI=1S/C22H22N4O3/c1-4-15-5-9-17(10-6-15)25-20-13-19(23-14(2)24-20)21(27)26-18-11-7-16(8-12-18)22(28)29-3/h5-13H,4H2,1-3H3,(H,26,27)(H,23,24,25). The van der Waals surface area contributed by atoms with E-state index in [1.54, 1.807) is 37.3 Å². The summed E-state index contributed by atoms with van der Waals surface area (Å²) in [5.41, 5.74) is 3.31. The molecule has 1 heterocycles. The quantitative estimate of drug-likeness (QED) is 0.615. The summed E-state index contributed by atoms with van der Waals surface area (Å²) in [6.45, 7) is 3.83. The molecule has 7 nitrogen and oxygen atoms in total. The van der Waals surface area contributed by atoms with Gasteiger partial charge in [0.2, 0.25) is 0 Å². The number of nitrogens with one attached hydrogen (secondary N) is 2. The summed E-state index contributed by atoms with van der Waals surface area (Å²) in [7, 11) is 1.32. The van der Waals surface area contributed by atoms with Crippen LogP contribution in [0.25, 0.3) is 0 Å². The maximum Gasteiger partial charge on any atom is 0.337 e. The van der Waals surface area contributed by atoms with Crippen LogP contribution in [0, 0.1) is 6.92 Å². The number of benzene rings is 2. The van der Waals surface area contributed by atoms with Gasteiger partial charge in [0.1, 0.15) is 17.3 Å². The molecular formula is C22H22N4O3. The van der Waals surface area contributed by atoms with Crippen molar-refractivity contribution < 1.29 is 14.3 Å². The van der Waals surface area contributed by atoms with Crippen LogP contribution in [0.2, 0.25) is 0 Å². The van der Waals surface area contributed by atoms with Crippen LogP contribution in [0.5, 0.6) is 0 Å². The van der Waals surface area contributed by atoms with Crippen molar-refractivity contribution in [2.45, 2.75) is 20.3 Å². The summed E-state index contributed by atoms with van der Waals surface area (Å²) < 4.78 is 4.66. The van der Waals surface area contributed by atoms with Crippen molar-refractivity contribution in [1.29, 1.82) is 0 Å². The maximum atomic E-state index is 12.6. The van der Waals surface area contributed by atoms with Gasteiger partial charge in [-0.3, -0.25) is 4.79 Å². The SMILES string of the molecule is CCc1ccc(Nc2cc(C(=O)Nc3ccc(C(=O)OC)cc3)nc(C)n2)cc1. The molecule has 2 N–H and O–H groups in total. The van der Waals surface area contributed by atoms with Crippen LogP contribution < -0.4 is 10.6 Å². The van der Waals surface area contributed by atoms with Crippen molar-refractivity contribution in [1.82, 2.24) is 9.97 Å². The third kappa shape index (κ3) is 5.16. The van der Waals surface area contributed by atoms with Gasteiger partial charge in [-0.05, 0) is 55.3 Å². The van der Waals surface area contributed by atoms with E-state index in [4.69, 9.17) is 0 Å². The van der Waals surface area contributed by atoms with E-state index >= 15 is 0 Å². The number of rotatable bonds is 6. The number of hydrogen-bond acceptors (Lipinski definition) is 6. The van der Waals surface area contributed by atoms with Gasteiger partial charge in [-0.25, -0.2) is 14.8 Å². The van der Waals surface area contributed by atoms with E-state index in [0.29, 0.717) is 22.9 Å². The molecule has 148 valence electrons. The van der Waals surface area contributed by atoms with Crippen molar-refractivity contribution in [2.24, 2.45) is 0 Å². The minimum Gasteiger partial charge on any atom is -0.465 e. The second-order valence-electron chi connectivity index (χ2n) is 6.38. The number of amides is 1. The maximum absolute atomic E-state index is 12.6. The van der Waals surface area contributed by atoms with E-state index in [9.17, 15) is 9.59 Å². The lowest BCUT2D eigenvalue weighted by molar-refractivity contribution is 0.0600. The van der Waals surface area contributed by atoms with Gasteiger partial charge < -0.3 is 15.4 Å². The Labute approximate surface area is 169 Å². The Kier molecular flexibility index (Phi) is 6.19. The lowest BCUT2D eigenvalue weighted by Crippen LogP contribution is -2.15. The van der Waals surface area contributed by atoms with E-state index in [-0.39, 0.29) is 11.6 Å². The summed E-state index contributed by atoms with van der Waals surface area (Å²) >= 11 is 0. The molecule has 0 spiro atoms. The number of aromatic nitrogens is 2. The minimum absolute atomic E-state index is 0.238. The van der Waals surface area contributed by atoms with Crippen LogP contribution in [-0.2, 0) is 11.2 Å². The molecule has 0 aliphatic heterocycles. The Bertz CT molecular complexity index is 1020. The molecule has 0 bridgehead atoms. The fourth-order valence-electron chi connectivity index (χ4n) is 2.72. The predicted octanol–water partition coefficient (Wildman–Crippen LogP) is 4.13. The first-order valence-electron chi connectivity index (χ1n) is 9.20. The van der Waals surface area contributed by atoms with Crippen molar-refractivity contribution in [3.63, 3.8) is 0 Å². The molecule has 3 aromatic rings. The van der Waals surface area contributed by atoms with Gasteiger partial charge in [0.25, 0.3) is 5.91 Å². The van der Waals surface area contributed by atoms with Crippen LogP contribution in [0.15, 0.2) is 54.6 Å². The molecule has 0 unspecified atom stereocenters. The summed E-state index contributed by atoms with van der Waals surface area (Å²) in [5, 5.41) is 5.97. The molecule has 0 aliphatic carbocycles. The highest BCUT2D eigenvalue weighted by Gasteiger charge is 2.12. The Morgan fingerprint density at radius 3 is 2.24 bits per heavy atom. The molecule has 0 fully saturated rings. The molecule has 0 saturated carbocycles. The van der Waals surface area contributed by atoms with Crippen molar-refractivity contribution in [2.75, 3.05) is 17.7 Å². The Morgan fingerprint density at radius 2 is 1.62 bits per heavy atom. The van der Waals surface area contributed by atoms with Gasteiger partial charge >= 0.3 is 5.97 Å². The van der Waals surface area contributed by atoms with E-state index in [1.807, 2.05) is 24.3 Å². The highest BCUT2D eigenvalue weighted by molar-refractivity contribution is 6.03. The highest BCUT2D eigenvalue weighted by Crippen LogP contribution is 2.18. The summed E-state index contributed by atoms with van der Waals surface area (Å²) in [6.07, 6.45) is 0.970. The average molecular weight is 390 g/mol. The molecule has 29 heavy (non-hydrogen) atoms. The third-order valence-electron chi connectivity index (χ3n) is 4.27. The molecule has 0 saturated heterocycles. The topological polar surface area (TPSA) is 93.2 Å². The van der Waals surface area contributed by atoms with Gasteiger partial charge in [-0.2, -0.15) is 0 Å². The fourth-order valence-corrected chi connectivity index (χ4v) is 2.72. The van der Waals surface area contributed by atoms with Crippen LogP contribution in [0.4, 0.5) is 17.2 Å². The number of esters is 1. The predicted molar refractivity (Wildman–Crippen MR) is 112 cm³/mol. The van der Waals surface area contributed by atoms with Gasteiger partial charge in [0.05, 0.1) is 12.7 Å². The Balaban J connectivity index is 1.74. The largest absolute Gasteiger partial charge is 0.465 e. The van der Waals surface area contributed by atoms with E-state index in [0.717, 1.165) is 12.1 Å². The van der Waals surface area contributed by atoms with Crippen LogP contribution in [-0.4, -0.2) is 29.0 Å². The van der Waals surface area contributed by atoms with Gasteiger partial charge in [-0.15, -0.1) is 0 Å². The lowest BCUT2D eigenvalue weighted by atomic mass is 10.1. The Hall–Kier alpha value is -3.74. The van der Waals surface area contributed by atoms with E-state index < -0.39 is 5.97 Å². The third-order valence-corrected chi connectivity index (χ3v) is 4.27. The molecule has 1 aromatic heterocycles. The van der Waals surface area contributed by atoms with E-state index in [2.05, 4.69) is 32.3 Å². The zero-order valence-corrected chi connectivity index (χ0v) is 16.5. The van der Waals surface area contributed by atoms with Crippen molar-refractivity contribution in [3.05, 3.63) is 77.2 Å². The van der Waals surface area contributed by atoms with Gasteiger partial charge in [-0.1, -0.05) is 19.1 Å². The minimum atomic E-state index is -0.433. The molecule has 2 aromatic carbocycles. The fraction of sp³-hybridized carbons (Fsp3) is 0.182. The number of nitrogens with zero attached hydrogens (tertiary/aromatic N) is 2. The first-order chi connectivity index (χ1) is 14.0. The summed E-state index contributed by atoms with van der Waals surface area (Å²) in [6, 6.07) is 16.1. The molecule has 7 heteroatoms. The smallest absolute Gasteiger partial charge is 0.337 e. The zero-order valence-electron chi connectivity index (χ0n) is 16.5. The van der Waals surface area contributed by atoms with Crippen LogP contribution in [0.1, 0.15) is 39.2 Å². The van der Waals surface area contributed by atoms with Gasteiger partial charge in [0, 0.05) is 17.4 Å². The number of hydrogen-bond donors (Lipinski definition) is 2. The number of carbonyl (C=O) groups excluding carboxylic acids is 2. The number of anilines is 3. The molecule has 3 rings (SSSR count). The second kappa shape index (κ2) is 8.97. The molecule has 0 atom stereocenters. The van der Waals surface area contributed by atoms with Gasteiger partial charge in [0.15, 0.2) is 0 Å². The number of aryl methyl sites for hydroxylation is 2. The molecular weight excluding hydrogens is 368 g/mol. The molecule has 1 amide bonds. The number of carbonyl (C=O) groups is 2. The number of ether oxygens (including phenoxy) is 1. The second-order valence-corrected chi connectivity index (χ2v) is 6.38. The summed E-state index contributed by atoms with van der Waals surface area (Å²) in [4.78, 5) is 32.7.